The first-order valence-electron chi connectivity index (χ1n) is 10.0. The molecular formula is C21H16ClF5N4O3. The number of nitrogens with one attached hydrogen (secondary N) is 1. The highest BCUT2D eigenvalue weighted by molar-refractivity contribution is 6.34. The summed E-state index contributed by atoms with van der Waals surface area (Å²) < 4.78 is 73.6. The number of alkyl halides is 3. The van der Waals surface area contributed by atoms with Crippen molar-refractivity contribution in [3.63, 3.8) is 0 Å². The van der Waals surface area contributed by atoms with Gasteiger partial charge in [0, 0.05) is 19.0 Å². The quantitative estimate of drug-likeness (QED) is 0.521. The van der Waals surface area contributed by atoms with Gasteiger partial charge in [-0.15, -0.1) is 5.10 Å². The second-order valence-corrected chi connectivity index (χ2v) is 7.91. The first-order chi connectivity index (χ1) is 16.0. The van der Waals surface area contributed by atoms with Crippen molar-refractivity contribution < 1.29 is 31.5 Å². The highest BCUT2D eigenvalue weighted by Crippen LogP contribution is 2.30. The average Bonchev–Trinajstić information content (AvgIpc) is 3.10. The molecule has 1 N–H and O–H groups in total. The summed E-state index contributed by atoms with van der Waals surface area (Å²) in [5.41, 5.74) is -1.79. The summed E-state index contributed by atoms with van der Waals surface area (Å²) in [6, 6.07) is 4.49. The second-order valence-electron chi connectivity index (χ2n) is 7.50. The predicted octanol–water partition coefficient (Wildman–Crippen LogP) is 4.50. The smallest absolute Gasteiger partial charge is 0.422 e. The number of rotatable bonds is 5. The van der Waals surface area contributed by atoms with Gasteiger partial charge < -0.3 is 10.1 Å². The molecule has 1 aromatic heterocycles. The molecule has 7 nitrogen and oxygen atoms in total. The van der Waals surface area contributed by atoms with Gasteiger partial charge in [-0.05, 0) is 37.1 Å². The van der Waals surface area contributed by atoms with Crippen LogP contribution >= 0.6 is 11.6 Å². The van der Waals surface area contributed by atoms with Crippen molar-refractivity contribution in [3.05, 3.63) is 68.9 Å². The molecule has 0 fully saturated rings. The van der Waals surface area contributed by atoms with Crippen molar-refractivity contribution in [3.8, 4) is 11.4 Å². The summed E-state index contributed by atoms with van der Waals surface area (Å²) in [5, 5.41) is 6.18. The summed E-state index contributed by atoms with van der Waals surface area (Å²) >= 11 is 5.87. The van der Waals surface area contributed by atoms with Crippen molar-refractivity contribution in [2.75, 3.05) is 11.9 Å². The zero-order chi connectivity index (χ0) is 24.6. The maximum Gasteiger partial charge on any atom is 0.422 e. The Morgan fingerprint density at radius 1 is 1.18 bits per heavy atom. The van der Waals surface area contributed by atoms with Gasteiger partial charge in [-0.3, -0.25) is 9.36 Å². The van der Waals surface area contributed by atoms with Crippen LogP contribution in [0.25, 0.3) is 5.69 Å². The van der Waals surface area contributed by atoms with Crippen molar-refractivity contribution in [1.29, 1.82) is 0 Å². The van der Waals surface area contributed by atoms with Gasteiger partial charge >= 0.3 is 11.9 Å². The van der Waals surface area contributed by atoms with Crippen LogP contribution in [-0.2, 0) is 13.0 Å². The Hall–Kier alpha value is -3.41. The Bertz CT molecular complexity index is 1320. The van der Waals surface area contributed by atoms with Gasteiger partial charge in [-0.2, -0.15) is 17.9 Å². The molecule has 4 rings (SSSR count). The Morgan fingerprint density at radius 3 is 2.62 bits per heavy atom. The van der Waals surface area contributed by atoms with Gasteiger partial charge in [0.05, 0.1) is 16.3 Å². The van der Waals surface area contributed by atoms with E-state index in [1.165, 1.54) is 4.57 Å². The minimum atomic E-state index is -4.76. The molecule has 2 aromatic carbocycles. The van der Waals surface area contributed by atoms with E-state index in [4.69, 9.17) is 16.3 Å². The Morgan fingerprint density at radius 2 is 1.94 bits per heavy atom. The highest BCUT2D eigenvalue weighted by Gasteiger charge is 2.30. The number of benzene rings is 2. The molecule has 0 bridgehead atoms. The van der Waals surface area contributed by atoms with E-state index in [-0.39, 0.29) is 10.7 Å². The fourth-order valence-corrected chi connectivity index (χ4v) is 3.71. The second kappa shape index (κ2) is 9.09. The van der Waals surface area contributed by atoms with E-state index in [0.717, 1.165) is 41.8 Å². The van der Waals surface area contributed by atoms with Gasteiger partial charge in [-0.1, -0.05) is 11.6 Å². The van der Waals surface area contributed by atoms with E-state index in [2.05, 4.69) is 10.4 Å². The maximum absolute atomic E-state index is 15.0. The van der Waals surface area contributed by atoms with Crippen LogP contribution in [0.5, 0.6) is 5.75 Å². The van der Waals surface area contributed by atoms with Crippen LogP contribution in [0.4, 0.5) is 27.6 Å². The fourth-order valence-electron chi connectivity index (χ4n) is 3.50. The molecule has 1 amide bonds. The predicted molar refractivity (Wildman–Crippen MR) is 112 cm³/mol. The van der Waals surface area contributed by atoms with Crippen molar-refractivity contribution in [2.45, 2.75) is 32.0 Å². The molecule has 3 aromatic rings. The minimum Gasteiger partial charge on any atom is -0.483 e. The number of nitrogens with zero attached hydrogens (tertiary/aromatic N) is 3. The molecule has 13 heteroatoms. The van der Waals surface area contributed by atoms with Crippen molar-refractivity contribution >= 4 is 23.2 Å². The first kappa shape index (κ1) is 23.7. The molecule has 180 valence electrons. The van der Waals surface area contributed by atoms with E-state index >= 15 is 4.39 Å². The monoisotopic (exact) mass is 502 g/mol. The normalized spacial score (nSPS) is 13.5. The highest BCUT2D eigenvalue weighted by atomic mass is 35.5. The number of fused-ring (bicyclic) bond motifs is 1. The van der Waals surface area contributed by atoms with E-state index in [1.54, 1.807) is 0 Å². The molecule has 0 saturated carbocycles. The summed E-state index contributed by atoms with van der Waals surface area (Å²) in [6.45, 7) is -1.39. The third kappa shape index (κ3) is 4.91. The lowest BCUT2D eigenvalue weighted by Crippen LogP contribution is -2.27. The Balaban J connectivity index is 1.76. The van der Waals surface area contributed by atoms with E-state index in [0.29, 0.717) is 24.9 Å². The number of aromatic nitrogens is 3. The van der Waals surface area contributed by atoms with E-state index < -0.39 is 53.0 Å². The molecule has 0 unspecified atom stereocenters. The van der Waals surface area contributed by atoms with Crippen molar-refractivity contribution in [2.24, 2.45) is 0 Å². The summed E-state index contributed by atoms with van der Waals surface area (Å²) in [6.07, 6.45) is -2.76. The molecule has 34 heavy (non-hydrogen) atoms. The molecule has 2 heterocycles. The molecule has 0 saturated heterocycles. The number of halogens is 6. The van der Waals surface area contributed by atoms with Crippen LogP contribution in [0.1, 0.15) is 29.0 Å². The third-order valence-electron chi connectivity index (χ3n) is 5.06. The zero-order valence-corrected chi connectivity index (χ0v) is 18.0. The average molecular weight is 503 g/mol. The lowest BCUT2D eigenvalue weighted by Gasteiger charge is -2.15. The van der Waals surface area contributed by atoms with Crippen LogP contribution in [0.15, 0.2) is 35.1 Å². The maximum atomic E-state index is 15.0. The van der Waals surface area contributed by atoms with Gasteiger partial charge in [0.1, 0.15) is 28.9 Å². The number of ether oxygens (including phenoxy) is 1. The number of hydrogen-bond acceptors (Lipinski definition) is 4. The summed E-state index contributed by atoms with van der Waals surface area (Å²) in [5.74, 6) is -3.05. The van der Waals surface area contributed by atoms with Crippen LogP contribution < -0.4 is 15.7 Å². The van der Waals surface area contributed by atoms with E-state index in [1.807, 2.05) is 0 Å². The topological polar surface area (TPSA) is 78.2 Å². The van der Waals surface area contributed by atoms with Crippen LogP contribution in [0.2, 0.25) is 5.02 Å². The Labute approximate surface area is 193 Å². The molecule has 0 radical (unpaired) electrons. The molecule has 1 aliphatic heterocycles. The van der Waals surface area contributed by atoms with Gasteiger partial charge in [-0.25, -0.2) is 13.6 Å². The van der Waals surface area contributed by atoms with Gasteiger partial charge in [0.25, 0.3) is 5.91 Å². The van der Waals surface area contributed by atoms with Crippen molar-refractivity contribution in [1.82, 2.24) is 14.3 Å². The molecular weight excluding hydrogens is 487 g/mol. The lowest BCUT2D eigenvalue weighted by atomic mass is 10.1. The van der Waals surface area contributed by atoms with Crippen LogP contribution in [0.3, 0.4) is 0 Å². The number of carbonyl (C=O) groups excluding carboxylic acids is 1. The fraction of sp³-hybridized carbons (Fsp3) is 0.286. The number of hydrogen-bond donors (Lipinski definition) is 1. The standard InChI is InChI=1S/C21H16ClF5N4O3/c22-13-7-11(23)4-5-15(13)28-19(32)12-8-14(24)16(9-17(12)34-10-21(25,26)27)31-20(33)30-6-2-1-3-18(30)29-31/h4-5,7-9H,1-3,6,10H2,(H,28,32). The number of aryl methyl sites for hydroxylation is 1. The van der Waals surface area contributed by atoms with Gasteiger partial charge in [0.2, 0.25) is 0 Å². The summed E-state index contributed by atoms with van der Waals surface area (Å²) in [7, 11) is 0. The third-order valence-corrected chi connectivity index (χ3v) is 5.38. The zero-order valence-electron chi connectivity index (χ0n) is 17.3. The number of carbonyl (C=O) groups is 1. The molecule has 0 spiro atoms. The lowest BCUT2D eigenvalue weighted by molar-refractivity contribution is -0.153. The van der Waals surface area contributed by atoms with E-state index in [9.17, 15) is 27.2 Å². The molecule has 0 aliphatic carbocycles. The Kier molecular flexibility index (Phi) is 6.34. The summed E-state index contributed by atoms with van der Waals surface area (Å²) in [4.78, 5) is 25.4. The number of anilines is 1. The first-order valence-corrected chi connectivity index (χ1v) is 10.4. The van der Waals surface area contributed by atoms with Crippen LogP contribution in [-0.4, -0.2) is 33.0 Å². The number of amides is 1. The molecule has 1 aliphatic rings. The van der Waals surface area contributed by atoms with Gasteiger partial charge in [0.15, 0.2) is 6.61 Å². The SMILES string of the molecule is O=C(Nc1ccc(F)cc1Cl)c1cc(F)c(-n2nc3n(c2=O)CCCC3)cc1OCC(F)(F)F. The molecule has 0 atom stereocenters. The minimum absolute atomic E-state index is 0.0580. The largest absolute Gasteiger partial charge is 0.483 e. The van der Waals surface area contributed by atoms with Crippen LogP contribution in [0, 0.1) is 11.6 Å².